The molecule has 0 spiro atoms. The third-order valence-electron chi connectivity index (χ3n) is 2.42. The molecule has 0 unspecified atom stereocenters. The zero-order chi connectivity index (χ0) is 10.1. The molecule has 1 fully saturated rings. The van der Waals surface area contributed by atoms with E-state index in [9.17, 15) is 4.79 Å². The van der Waals surface area contributed by atoms with Gasteiger partial charge in [0, 0.05) is 19.4 Å². The Labute approximate surface area is 82.7 Å². The maximum atomic E-state index is 11.7. The summed E-state index contributed by atoms with van der Waals surface area (Å²) in [6.45, 7) is 0. The lowest BCUT2D eigenvalue weighted by atomic mass is 10.1. The average Bonchev–Trinajstić information content (AvgIpc) is 3.00. The number of aromatic nitrogens is 1. The number of hydrazine groups is 1. The molecular formula is C10H13N3O. The van der Waals surface area contributed by atoms with E-state index in [-0.39, 0.29) is 5.91 Å². The van der Waals surface area contributed by atoms with Crippen molar-refractivity contribution in [3.05, 3.63) is 29.6 Å². The van der Waals surface area contributed by atoms with Gasteiger partial charge in [-0.25, -0.2) is 5.84 Å². The molecule has 1 aliphatic carbocycles. The monoisotopic (exact) mass is 191 g/mol. The van der Waals surface area contributed by atoms with Crippen molar-refractivity contribution in [2.75, 3.05) is 7.05 Å². The summed E-state index contributed by atoms with van der Waals surface area (Å²) in [7, 11) is 1.55. The van der Waals surface area contributed by atoms with Crippen LogP contribution < -0.4 is 5.84 Å². The quantitative estimate of drug-likeness (QED) is 0.429. The molecule has 0 atom stereocenters. The van der Waals surface area contributed by atoms with Gasteiger partial charge in [0.1, 0.15) is 0 Å². The first-order valence-corrected chi connectivity index (χ1v) is 4.67. The highest BCUT2D eigenvalue weighted by molar-refractivity contribution is 5.95. The van der Waals surface area contributed by atoms with Gasteiger partial charge in [0.25, 0.3) is 5.91 Å². The number of hydrogen-bond donors (Lipinski definition) is 1. The Morgan fingerprint density at radius 3 is 2.93 bits per heavy atom. The van der Waals surface area contributed by atoms with Gasteiger partial charge in [-0.05, 0) is 30.4 Å². The first-order valence-electron chi connectivity index (χ1n) is 4.67. The molecule has 0 bridgehead atoms. The zero-order valence-electron chi connectivity index (χ0n) is 8.10. The van der Waals surface area contributed by atoms with Crippen LogP contribution in [0.3, 0.4) is 0 Å². The van der Waals surface area contributed by atoms with Crippen LogP contribution >= 0.6 is 0 Å². The van der Waals surface area contributed by atoms with E-state index in [0.29, 0.717) is 11.5 Å². The van der Waals surface area contributed by atoms with Crippen LogP contribution in [0, 0.1) is 0 Å². The van der Waals surface area contributed by atoms with Crippen molar-refractivity contribution in [3.63, 3.8) is 0 Å². The number of nitrogens with two attached hydrogens (primary N) is 1. The van der Waals surface area contributed by atoms with E-state index in [4.69, 9.17) is 5.84 Å². The lowest BCUT2D eigenvalue weighted by Crippen LogP contribution is -2.33. The van der Waals surface area contributed by atoms with Gasteiger partial charge < -0.3 is 0 Å². The van der Waals surface area contributed by atoms with Crippen LogP contribution in [0.25, 0.3) is 0 Å². The fourth-order valence-electron chi connectivity index (χ4n) is 1.52. The average molecular weight is 191 g/mol. The minimum atomic E-state index is -0.167. The summed E-state index contributed by atoms with van der Waals surface area (Å²) in [4.78, 5) is 15.6. The van der Waals surface area contributed by atoms with Crippen molar-refractivity contribution in [1.82, 2.24) is 9.99 Å². The fraction of sp³-hybridized carbons (Fsp3) is 0.400. The van der Waals surface area contributed by atoms with Gasteiger partial charge in [-0.15, -0.1) is 0 Å². The van der Waals surface area contributed by atoms with Crippen molar-refractivity contribution < 1.29 is 4.79 Å². The van der Waals surface area contributed by atoms with Crippen LogP contribution in [0.1, 0.15) is 34.7 Å². The molecule has 1 aliphatic rings. The maximum absolute atomic E-state index is 11.7. The molecule has 0 aliphatic heterocycles. The second-order valence-electron chi connectivity index (χ2n) is 3.65. The normalized spacial score (nSPS) is 15.3. The summed E-state index contributed by atoms with van der Waals surface area (Å²) < 4.78 is 0. The predicted molar refractivity (Wildman–Crippen MR) is 52.5 cm³/mol. The van der Waals surface area contributed by atoms with E-state index in [1.54, 1.807) is 19.4 Å². The van der Waals surface area contributed by atoms with Crippen LogP contribution in [0.4, 0.5) is 0 Å². The minimum Gasteiger partial charge on any atom is -0.280 e. The van der Waals surface area contributed by atoms with Crippen molar-refractivity contribution in [2.45, 2.75) is 18.8 Å². The van der Waals surface area contributed by atoms with Gasteiger partial charge >= 0.3 is 0 Å². The molecule has 1 aromatic rings. The van der Waals surface area contributed by atoms with Crippen molar-refractivity contribution in [2.24, 2.45) is 5.84 Å². The van der Waals surface area contributed by atoms with E-state index in [1.807, 2.05) is 6.07 Å². The molecular weight excluding hydrogens is 178 g/mol. The Bertz CT molecular complexity index is 358. The van der Waals surface area contributed by atoms with Gasteiger partial charge in [-0.3, -0.25) is 14.8 Å². The number of nitrogens with zero attached hydrogens (tertiary/aromatic N) is 2. The summed E-state index contributed by atoms with van der Waals surface area (Å²) in [6, 6.07) is 1.91. The van der Waals surface area contributed by atoms with Crippen molar-refractivity contribution in [1.29, 1.82) is 0 Å². The Morgan fingerprint density at radius 1 is 1.64 bits per heavy atom. The molecule has 0 radical (unpaired) electrons. The molecule has 0 saturated heterocycles. The lowest BCUT2D eigenvalue weighted by Gasteiger charge is -2.12. The number of amides is 1. The Hall–Kier alpha value is -1.42. The largest absolute Gasteiger partial charge is 0.280 e. The molecule has 4 nitrogen and oxygen atoms in total. The summed E-state index contributed by atoms with van der Waals surface area (Å²) in [6.07, 6.45) is 5.65. The third kappa shape index (κ3) is 1.61. The van der Waals surface area contributed by atoms with Gasteiger partial charge in [-0.1, -0.05) is 0 Å². The Morgan fingerprint density at radius 2 is 2.36 bits per heavy atom. The summed E-state index contributed by atoms with van der Waals surface area (Å²) >= 11 is 0. The SMILES string of the molecule is CN(N)C(=O)c1cnccc1C1CC1. The fourth-order valence-corrected chi connectivity index (χ4v) is 1.52. The van der Waals surface area contributed by atoms with E-state index in [2.05, 4.69) is 4.98 Å². The number of hydrogen-bond acceptors (Lipinski definition) is 3. The highest BCUT2D eigenvalue weighted by atomic mass is 16.2. The van der Waals surface area contributed by atoms with Crippen molar-refractivity contribution in [3.8, 4) is 0 Å². The lowest BCUT2D eigenvalue weighted by molar-refractivity contribution is 0.0793. The first kappa shape index (κ1) is 9.15. The van der Waals surface area contributed by atoms with Gasteiger partial charge in [0.2, 0.25) is 0 Å². The summed E-state index contributed by atoms with van der Waals surface area (Å²) in [5.41, 5.74) is 1.72. The van der Waals surface area contributed by atoms with E-state index < -0.39 is 0 Å². The van der Waals surface area contributed by atoms with Gasteiger partial charge in [0.15, 0.2) is 0 Å². The van der Waals surface area contributed by atoms with Crippen LogP contribution in [0.15, 0.2) is 18.5 Å². The smallest absolute Gasteiger partial charge is 0.269 e. The Kier molecular flexibility index (Phi) is 2.21. The molecule has 2 rings (SSSR count). The van der Waals surface area contributed by atoms with Gasteiger partial charge in [0.05, 0.1) is 5.56 Å². The number of rotatable bonds is 2. The highest BCUT2D eigenvalue weighted by Crippen LogP contribution is 2.41. The Balaban J connectivity index is 2.36. The second-order valence-corrected chi connectivity index (χ2v) is 3.65. The highest BCUT2D eigenvalue weighted by Gasteiger charge is 2.28. The number of pyridine rings is 1. The summed E-state index contributed by atoms with van der Waals surface area (Å²) in [5, 5.41) is 1.10. The van der Waals surface area contributed by atoms with Crippen LogP contribution in [-0.4, -0.2) is 22.9 Å². The van der Waals surface area contributed by atoms with Crippen LogP contribution in [0.2, 0.25) is 0 Å². The molecule has 0 aromatic carbocycles. The van der Waals surface area contributed by atoms with Gasteiger partial charge in [-0.2, -0.15) is 0 Å². The molecule has 14 heavy (non-hydrogen) atoms. The van der Waals surface area contributed by atoms with Crippen molar-refractivity contribution >= 4 is 5.91 Å². The zero-order valence-corrected chi connectivity index (χ0v) is 8.10. The van der Waals surface area contributed by atoms with Crippen LogP contribution in [-0.2, 0) is 0 Å². The van der Waals surface area contributed by atoms with E-state index in [0.717, 1.165) is 10.6 Å². The standard InChI is InChI=1S/C10H13N3O/c1-13(11)10(14)9-6-12-5-4-8(9)7-2-3-7/h4-7H,2-3,11H2,1H3. The second kappa shape index (κ2) is 3.38. The molecule has 4 heteroatoms. The minimum absolute atomic E-state index is 0.167. The maximum Gasteiger partial charge on any atom is 0.269 e. The predicted octanol–water partition coefficient (Wildman–Crippen LogP) is 0.905. The third-order valence-corrected chi connectivity index (χ3v) is 2.42. The molecule has 1 amide bonds. The molecule has 74 valence electrons. The number of carbonyl (C=O) groups is 1. The molecule has 1 aromatic heterocycles. The van der Waals surface area contributed by atoms with E-state index >= 15 is 0 Å². The van der Waals surface area contributed by atoms with E-state index in [1.165, 1.54) is 12.8 Å². The number of carbonyl (C=O) groups excluding carboxylic acids is 1. The first-order chi connectivity index (χ1) is 6.70. The molecule has 1 saturated carbocycles. The van der Waals surface area contributed by atoms with Crippen LogP contribution in [0.5, 0.6) is 0 Å². The summed E-state index contributed by atoms with van der Waals surface area (Å²) in [5.74, 6) is 5.79. The topological polar surface area (TPSA) is 59.2 Å². The molecule has 2 N–H and O–H groups in total. The molecule has 1 heterocycles.